The van der Waals surface area contributed by atoms with Crippen LogP contribution in [0.15, 0.2) is 12.2 Å². The molecular formula is C12H20O4. The van der Waals surface area contributed by atoms with E-state index in [9.17, 15) is 9.90 Å². The van der Waals surface area contributed by atoms with Crippen LogP contribution in [0.4, 0.5) is 0 Å². The van der Waals surface area contributed by atoms with Crippen molar-refractivity contribution in [3.63, 3.8) is 0 Å². The van der Waals surface area contributed by atoms with Crippen molar-refractivity contribution in [2.75, 3.05) is 0 Å². The van der Waals surface area contributed by atoms with Gasteiger partial charge in [-0.1, -0.05) is 32.3 Å². The Kier molecular flexibility index (Phi) is 5.49. The van der Waals surface area contributed by atoms with Gasteiger partial charge in [-0.25, -0.2) is 4.79 Å². The SMILES string of the molecule is CCCCCCC=C[C@@H]1OC(=O)[C@@H](O)[C@@H]1O. The van der Waals surface area contributed by atoms with Crippen molar-refractivity contribution in [2.24, 2.45) is 0 Å². The Balaban J connectivity index is 2.22. The van der Waals surface area contributed by atoms with Crippen LogP contribution in [0.1, 0.15) is 39.0 Å². The van der Waals surface area contributed by atoms with Gasteiger partial charge in [-0.05, 0) is 18.9 Å². The summed E-state index contributed by atoms with van der Waals surface area (Å²) in [5, 5.41) is 18.6. The number of cyclic esters (lactones) is 1. The Morgan fingerprint density at radius 3 is 2.62 bits per heavy atom. The van der Waals surface area contributed by atoms with Crippen LogP contribution in [0.25, 0.3) is 0 Å². The maximum absolute atomic E-state index is 10.9. The molecule has 16 heavy (non-hydrogen) atoms. The number of carbonyl (C=O) groups excluding carboxylic acids is 1. The lowest BCUT2D eigenvalue weighted by Gasteiger charge is -2.07. The number of rotatable bonds is 6. The Hall–Kier alpha value is -0.870. The van der Waals surface area contributed by atoms with Crippen LogP contribution >= 0.6 is 0 Å². The van der Waals surface area contributed by atoms with Crippen LogP contribution in [0.2, 0.25) is 0 Å². The Morgan fingerprint density at radius 2 is 2.06 bits per heavy atom. The van der Waals surface area contributed by atoms with Crippen LogP contribution in [0.5, 0.6) is 0 Å². The van der Waals surface area contributed by atoms with Crippen molar-refractivity contribution in [3.05, 3.63) is 12.2 Å². The van der Waals surface area contributed by atoms with Gasteiger partial charge in [0.25, 0.3) is 0 Å². The average molecular weight is 228 g/mol. The van der Waals surface area contributed by atoms with E-state index in [4.69, 9.17) is 9.84 Å². The summed E-state index contributed by atoms with van der Waals surface area (Å²) < 4.78 is 4.79. The molecule has 4 nitrogen and oxygen atoms in total. The number of unbranched alkanes of at least 4 members (excludes halogenated alkanes) is 4. The summed E-state index contributed by atoms with van der Waals surface area (Å²) in [7, 11) is 0. The summed E-state index contributed by atoms with van der Waals surface area (Å²) in [6.07, 6.45) is 5.99. The largest absolute Gasteiger partial charge is 0.453 e. The van der Waals surface area contributed by atoms with Gasteiger partial charge < -0.3 is 14.9 Å². The van der Waals surface area contributed by atoms with Gasteiger partial charge in [0.1, 0.15) is 12.2 Å². The molecule has 0 spiro atoms. The van der Waals surface area contributed by atoms with Crippen LogP contribution in [-0.2, 0) is 9.53 Å². The number of ether oxygens (including phenoxy) is 1. The third-order valence-electron chi connectivity index (χ3n) is 2.70. The van der Waals surface area contributed by atoms with E-state index in [1.807, 2.05) is 6.08 Å². The molecule has 1 fully saturated rings. The third-order valence-corrected chi connectivity index (χ3v) is 2.70. The molecule has 3 atom stereocenters. The second kappa shape index (κ2) is 6.66. The Morgan fingerprint density at radius 1 is 1.31 bits per heavy atom. The second-order valence-electron chi connectivity index (χ2n) is 4.11. The monoisotopic (exact) mass is 228 g/mol. The molecule has 0 saturated carbocycles. The normalized spacial score (nSPS) is 29.9. The number of allylic oxidation sites excluding steroid dienone is 1. The number of esters is 1. The second-order valence-corrected chi connectivity index (χ2v) is 4.11. The van der Waals surface area contributed by atoms with Gasteiger partial charge in [0, 0.05) is 0 Å². The quantitative estimate of drug-likeness (QED) is 0.407. The fourth-order valence-electron chi connectivity index (χ4n) is 1.67. The molecule has 0 aromatic carbocycles. The molecule has 1 saturated heterocycles. The first-order valence-corrected chi connectivity index (χ1v) is 5.90. The lowest BCUT2D eigenvalue weighted by atomic mass is 10.1. The van der Waals surface area contributed by atoms with E-state index < -0.39 is 24.3 Å². The summed E-state index contributed by atoms with van der Waals surface area (Å²) >= 11 is 0. The van der Waals surface area contributed by atoms with Gasteiger partial charge in [-0.3, -0.25) is 0 Å². The van der Waals surface area contributed by atoms with E-state index in [-0.39, 0.29) is 0 Å². The average Bonchev–Trinajstić information content (AvgIpc) is 2.51. The lowest BCUT2D eigenvalue weighted by Crippen LogP contribution is -2.29. The van der Waals surface area contributed by atoms with E-state index in [2.05, 4.69) is 6.92 Å². The Bertz CT molecular complexity index is 249. The number of aliphatic hydroxyl groups excluding tert-OH is 2. The Labute approximate surface area is 95.9 Å². The minimum Gasteiger partial charge on any atom is -0.453 e. The molecule has 0 bridgehead atoms. The standard InChI is InChI=1S/C12H20O4/c1-2-3-4-5-6-7-8-9-10(13)11(14)12(15)16-9/h7-11,13-14H,2-6H2,1H3/t9-,10+,11-/m0/s1. The van der Waals surface area contributed by atoms with Gasteiger partial charge in [-0.15, -0.1) is 0 Å². The molecule has 92 valence electrons. The maximum atomic E-state index is 10.9. The van der Waals surface area contributed by atoms with Crippen molar-refractivity contribution < 1.29 is 19.7 Å². The predicted molar refractivity (Wildman–Crippen MR) is 59.8 cm³/mol. The van der Waals surface area contributed by atoms with Crippen molar-refractivity contribution in [3.8, 4) is 0 Å². The molecule has 4 heteroatoms. The molecule has 1 rings (SSSR count). The molecule has 1 aliphatic heterocycles. The molecule has 0 aliphatic carbocycles. The van der Waals surface area contributed by atoms with Gasteiger partial charge in [0.2, 0.25) is 0 Å². The van der Waals surface area contributed by atoms with Gasteiger partial charge in [0.05, 0.1) is 0 Å². The molecule has 0 amide bonds. The van der Waals surface area contributed by atoms with Crippen molar-refractivity contribution in [1.82, 2.24) is 0 Å². The van der Waals surface area contributed by atoms with Crippen molar-refractivity contribution in [1.29, 1.82) is 0 Å². The van der Waals surface area contributed by atoms with Gasteiger partial charge in [0.15, 0.2) is 6.10 Å². The minimum absolute atomic E-state index is 0.686. The molecule has 0 aromatic heterocycles. The van der Waals surface area contributed by atoms with E-state index in [0.29, 0.717) is 0 Å². The molecule has 0 aromatic rings. The fraction of sp³-hybridized carbons (Fsp3) is 0.750. The molecular weight excluding hydrogens is 208 g/mol. The zero-order valence-corrected chi connectivity index (χ0v) is 9.63. The lowest BCUT2D eigenvalue weighted by molar-refractivity contribution is -0.146. The van der Waals surface area contributed by atoms with E-state index in [1.54, 1.807) is 6.08 Å². The van der Waals surface area contributed by atoms with Crippen molar-refractivity contribution >= 4 is 5.97 Å². The van der Waals surface area contributed by atoms with Gasteiger partial charge in [-0.2, -0.15) is 0 Å². The first-order chi connectivity index (χ1) is 7.66. The first kappa shape index (κ1) is 13.2. The van der Waals surface area contributed by atoms with E-state index in [0.717, 1.165) is 12.8 Å². The molecule has 0 unspecified atom stereocenters. The van der Waals surface area contributed by atoms with E-state index in [1.165, 1.54) is 19.3 Å². The molecule has 2 N–H and O–H groups in total. The zero-order valence-electron chi connectivity index (χ0n) is 9.63. The smallest absolute Gasteiger partial charge is 0.338 e. The zero-order chi connectivity index (χ0) is 12.0. The summed E-state index contributed by atoms with van der Waals surface area (Å²) in [5.74, 6) is -0.742. The highest BCUT2D eigenvalue weighted by atomic mass is 16.6. The van der Waals surface area contributed by atoms with Crippen molar-refractivity contribution in [2.45, 2.75) is 57.3 Å². The van der Waals surface area contributed by atoms with Crippen LogP contribution < -0.4 is 0 Å². The topological polar surface area (TPSA) is 66.8 Å². The summed E-state index contributed by atoms with van der Waals surface area (Å²) in [6.45, 7) is 2.16. The van der Waals surface area contributed by atoms with E-state index >= 15 is 0 Å². The molecule has 1 aliphatic rings. The number of aliphatic hydroxyl groups is 2. The summed E-state index contributed by atoms with van der Waals surface area (Å²) in [6, 6.07) is 0. The summed E-state index contributed by atoms with van der Waals surface area (Å²) in [5.41, 5.74) is 0. The third kappa shape index (κ3) is 3.61. The summed E-state index contributed by atoms with van der Waals surface area (Å²) in [4.78, 5) is 10.9. The van der Waals surface area contributed by atoms with Crippen LogP contribution in [0, 0.1) is 0 Å². The molecule has 1 heterocycles. The number of hydrogen-bond donors (Lipinski definition) is 2. The highest BCUT2D eigenvalue weighted by Gasteiger charge is 2.40. The highest BCUT2D eigenvalue weighted by molar-refractivity contribution is 5.78. The van der Waals surface area contributed by atoms with Gasteiger partial charge >= 0.3 is 5.97 Å². The fourth-order valence-corrected chi connectivity index (χ4v) is 1.67. The number of carbonyl (C=O) groups is 1. The highest BCUT2D eigenvalue weighted by Crippen LogP contribution is 2.17. The molecule has 0 radical (unpaired) electrons. The first-order valence-electron chi connectivity index (χ1n) is 5.90. The van der Waals surface area contributed by atoms with Crippen LogP contribution in [-0.4, -0.2) is 34.5 Å². The number of hydrogen-bond acceptors (Lipinski definition) is 4. The maximum Gasteiger partial charge on any atom is 0.338 e. The predicted octanol–water partition coefficient (Wildman–Crippen LogP) is 1.16. The van der Waals surface area contributed by atoms with Crippen LogP contribution in [0.3, 0.4) is 0 Å². The minimum atomic E-state index is -1.39.